The fourth-order valence-corrected chi connectivity index (χ4v) is 1.76. The van der Waals surface area contributed by atoms with Crippen molar-refractivity contribution in [2.45, 2.75) is 12.6 Å². The van der Waals surface area contributed by atoms with E-state index in [1.54, 1.807) is 30.3 Å². The number of benzene rings is 2. The maximum atomic E-state index is 13.2. The lowest BCUT2D eigenvalue weighted by Crippen LogP contribution is -2.28. The molecule has 6 heteroatoms. The number of hydrogen-bond acceptors (Lipinski definition) is 3. The second-order valence-corrected chi connectivity index (χ2v) is 4.44. The standard InChI is InChI=1S/C16H12F2N2O2/c17-13-7-6-12(8-14(13)18)15(9-19)20-16(21)22-10-11-4-2-1-3-5-11/h1-8,15H,10H2,(H,20,21). The topological polar surface area (TPSA) is 62.1 Å². The molecule has 0 radical (unpaired) electrons. The highest BCUT2D eigenvalue weighted by atomic mass is 19.2. The van der Waals surface area contributed by atoms with Crippen LogP contribution in [0.1, 0.15) is 17.2 Å². The molecular weight excluding hydrogens is 290 g/mol. The Bertz CT molecular complexity index is 699. The smallest absolute Gasteiger partial charge is 0.408 e. The number of nitrogens with one attached hydrogen (secondary N) is 1. The van der Waals surface area contributed by atoms with Crippen LogP contribution < -0.4 is 5.32 Å². The second kappa shape index (κ2) is 7.18. The Morgan fingerprint density at radius 3 is 2.55 bits per heavy atom. The van der Waals surface area contributed by atoms with Gasteiger partial charge in [-0.15, -0.1) is 0 Å². The molecule has 2 rings (SSSR count). The van der Waals surface area contributed by atoms with Crippen molar-refractivity contribution < 1.29 is 18.3 Å². The molecule has 1 amide bonds. The fraction of sp³-hybridized carbons (Fsp3) is 0.125. The molecule has 1 atom stereocenters. The summed E-state index contributed by atoms with van der Waals surface area (Å²) in [5, 5.41) is 11.3. The van der Waals surface area contributed by atoms with Gasteiger partial charge < -0.3 is 10.1 Å². The third-order valence-corrected chi connectivity index (χ3v) is 2.88. The molecule has 0 aliphatic rings. The Kier molecular flexibility index (Phi) is 5.04. The summed E-state index contributed by atoms with van der Waals surface area (Å²) in [4.78, 5) is 11.7. The summed E-state index contributed by atoms with van der Waals surface area (Å²) in [6.07, 6.45) is -0.819. The highest BCUT2D eigenvalue weighted by Crippen LogP contribution is 2.16. The van der Waals surface area contributed by atoms with E-state index in [1.807, 2.05) is 6.07 Å². The van der Waals surface area contributed by atoms with Crippen molar-refractivity contribution in [2.24, 2.45) is 0 Å². The average Bonchev–Trinajstić information content (AvgIpc) is 2.54. The number of alkyl carbamates (subject to hydrolysis) is 1. The van der Waals surface area contributed by atoms with Gasteiger partial charge in [0.15, 0.2) is 11.6 Å². The van der Waals surface area contributed by atoms with Crippen LogP contribution in [-0.4, -0.2) is 6.09 Å². The SMILES string of the molecule is N#CC(NC(=O)OCc1ccccc1)c1ccc(F)c(F)c1. The molecular formula is C16H12F2N2O2. The van der Waals surface area contributed by atoms with Gasteiger partial charge in [-0.25, -0.2) is 13.6 Å². The molecule has 2 aromatic rings. The lowest BCUT2D eigenvalue weighted by molar-refractivity contribution is 0.137. The van der Waals surface area contributed by atoms with E-state index in [-0.39, 0.29) is 12.2 Å². The normalized spacial score (nSPS) is 11.3. The van der Waals surface area contributed by atoms with Gasteiger partial charge in [-0.2, -0.15) is 5.26 Å². The van der Waals surface area contributed by atoms with E-state index in [0.717, 1.165) is 17.7 Å². The van der Waals surface area contributed by atoms with Crippen LogP contribution in [0.5, 0.6) is 0 Å². The number of nitrogens with zero attached hydrogens (tertiary/aromatic N) is 1. The van der Waals surface area contributed by atoms with Crippen molar-refractivity contribution in [2.75, 3.05) is 0 Å². The zero-order chi connectivity index (χ0) is 15.9. The maximum absolute atomic E-state index is 13.2. The van der Waals surface area contributed by atoms with Crippen molar-refractivity contribution >= 4 is 6.09 Å². The van der Waals surface area contributed by atoms with Gasteiger partial charge in [-0.05, 0) is 23.3 Å². The summed E-state index contributed by atoms with van der Waals surface area (Å²) in [5.74, 6) is -2.11. The van der Waals surface area contributed by atoms with Gasteiger partial charge >= 0.3 is 6.09 Å². The Balaban J connectivity index is 1.96. The lowest BCUT2D eigenvalue weighted by Gasteiger charge is -2.12. The molecule has 0 aromatic heterocycles. The zero-order valence-corrected chi connectivity index (χ0v) is 11.4. The molecule has 1 N–H and O–H groups in total. The summed E-state index contributed by atoms with van der Waals surface area (Å²) in [5.41, 5.74) is 0.928. The predicted molar refractivity (Wildman–Crippen MR) is 74.5 cm³/mol. The summed E-state index contributed by atoms with van der Waals surface area (Å²) in [7, 11) is 0. The quantitative estimate of drug-likeness (QED) is 0.940. The molecule has 0 aliphatic heterocycles. The number of ether oxygens (including phenoxy) is 1. The van der Waals surface area contributed by atoms with Crippen LogP contribution in [0.25, 0.3) is 0 Å². The Labute approximate surface area is 125 Å². The number of hydrogen-bond donors (Lipinski definition) is 1. The van der Waals surface area contributed by atoms with Crippen LogP contribution in [0.4, 0.5) is 13.6 Å². The van der Waals surface area contributed by atoms with Gasteiger partial charge in [0.05, 0.1) is 6.07 Å². The van der Waals surface area contributed by atoms with Crippen molar-refractivity contribution in [3.63, 3.8) is 0 Å². The minimum atomic E-state index is -1.13. The van der Waals surface area contributed by atoms with Gasteiger partial charge in [0.1, 0.15) is 12.6 Å². The molecule has 4 nitrogen and oxygen atoms in total. The van der Waals surface area contributed by atoms with E-state index in [9.17, 15) is 13.6 Å². The monoisotopic (exact) mass is 302 g/mol. The third-order valence-electron chi connectivity index (χ3n) is 2.88. The molecule has 0 saturated heterocycles. The van der Waals surface area contributed by atoms with Gasteiger partial charge in [0.25, 0.3) is 0 Å². The van der Waals surface area contributed by atoms with Crippen LogP contribution in [0.15, 0.2) is 48.5 Å². The highest BCUT2D eigenvalue weighted by Gasteiger charge is 2.16. The van der Waals surface area contributed by atoms with Crippen molar-refractivity contribution in [3.8, 4) is 6.07 Å². The van der Waals surface area contributed by atoms with Crippen molar-refractivity contribution in [3.05, 3.63) is 71.3 Å². The maximum Gasteiger partial charge on any atom is 0.408 e. The first-order valence-electron chi connectivity index (χ1n) is 6.42. The number of amides is 1. The van der Waals surface area contributed by atoms with Crippen molar-refractivity contribution in [1.29, 1.82) is 5.26 Å². The first kappa shape index (κ1) is 15.4. The molecule has 0 spiro atoms. The van der Waals surface area contributed by atoms with Gasteiger partial charge in [0.2, 0.25) is 0 Å². The largest absolute Gasteiger partial charge is 0.445 e. The van der Waals surface area contributed by atoms with Crippen LogP contribution in [0.3, 0.4) is 0 Å². The Morgan fingerprint density at radius 1 is 1.18 bits per heavy atom. The van der Waals surface area contributed by atoms with Gasteiger partial charge in [-0.1, -0.05) is 36.4 Å². The molecule has 22 heavy (non-hydrogen) atoms. The minimum Gasteiger partial charge on any atom is -0.445 e. The molecule has 0 bridgehead atoms. The fourth-order valence-electron chi connectivity index (χ4n) is 1.76. The molecule has 0 aliphatic carbocycles. The zero-order valence-electron chi connectivity index (χ0n) is 11.4. The number of carbonyl (C=O) groups excluding carboxylic acids is 1. The first-order chi connectivity index (χ1) is 10.6. The van der Waals surface area contributed by atoms with E-state index >= 15 is 0 Å². The number of carbonyl (C=O) groups is 1. The Morgan fingerprint density at radius 2 is 1.91 bits per heavy atom. The molecule has 112 valence electrons. The molecule has 0 fully saturated rings. The van der Waals surface area contributed by atoms with Crippen LogP contribution >= 0.6 is 0 Å². The number of nitriles is 1. The van der Waals surface area contributed by atoms with Crippen LogP contribution in [0, 0.1) is 23.0 Å². The summed E-state index contributed by atoms with van der Waals surface area (Å²) >= 11 is 0. The molecule has 0 saturated carbocycles. The van der Waals surface area contributed by atoms with Gasteiger partial charge in [-0.3, -0.25) is 0 Å². The van der Waals surface area contributed by atoms with E-state index < -0.39 is 23.8 Å². The third kappa shape index (κ3) is 4.03. The van der Waals surface area contributed by atoms with Gasteiger partial charge in [0, 0.05) is 0 Å². The van der Waals surface area contributed by atoms with E-state index in [4.69, 9.17) is 10.00 Å². The van der Waals surface area contributed by atoms with Crippen LogP contribution in [-0.2, 0) is 11.3 Å². The summed E-state index contributed by atoms with van der Waals surface area (Å²) in [6.45, 7) is 0.0442. The van der Waals surface area contributed by atoms with E-state index in [0.29, 0.717) is 0 Å². The minimum absolute atomic E-state index is 0.0442. The van der Waals surface area contributed by atoms with Crippen molar-refractivity contribution in [1.82, 2.24) is 5.32 Å². The summed E-state index contributed by atoms with van der Waals surface area (Å²) < 4.78 is 31.0. The van der Waals surface area contributed by atoms with E-state index in [2.05, 4.69) is 5.32 Å². The highest BCUT2D eigenvalue weighted by molar-refractivity contribution is 5.68. The van der Waals surface area contributed by atoms with E-state index in [1.165, 1.54) is 6.07 Å². The first-order valence-corrected chi connectivity index (χ1v) is 6.42. The molecule has 0 heterocycles. The summed E-state index contributed by atoms with van der Waals surface area (Å²) in [6, 6.07) is 12.6. The number of rotatable bonds is 4. The molecule has 1 unspecified atom stereocenters. The Hall–Kier alpha value is -2.94. The second-order valence-electron chi connectivity index (χ2n) is 4.44. The van der Waals surface area contributed by atoms with Crippen LogP contribution in [0.2, 0.25) is 0 Å². The average molecular weight is 302 g/mol. The lowest BCUT2D eigenvalue weighted by atomic mass is 10.1. The molecule has 2 aromatic carbocycles. The number of halogens is 2. The predicted octanol–water partition coefficient (Wildman–Crippen LogP) is 3.46.